The highest BCUT2D eigenvalue weighted by Crippen LogP contribution is 2.45. The number of rotatable bonds is 18. The van der Waals surface area contributed by atoms with Crippen LogP contribution in [-0.2, 0) is 0 Å². The molecule has 0 fully saturated rings. The van der Waals surface area contributed by atoms with Gasteiger partial charge in [0.25, 0.3) is 5.91 Å². The van der Waals surface area contributed by atoms with Gasteiger partial charge in [-0.2, -0.15) is 0 Å². The van der Waals surface area contributed by atoms with Crippen molar-refractivity contribution in [1.29, 1.82) is 0 Å². The summed E-state index contributed by atoms with van der Waals surface area (Å²) in [6, 6.07) is 16.9. The van der Waals surface area contributed by atoms with Gasteiger partial charge in [-0.05, 0) is 54.4 Å². The molecule has 44 heavy (non-hydrogen) atoms. The summed E-state index contributed by atoms with van der Waals surface area (Å²) < 4.78 is 28.7. The molecule has 7 heteroatoms. The van der Waals surface area contributed by atoms with Gasteiger partial charge in [0.2, 0.25) is 0 Å². The minimum absolute atomic E-state index is 0.164. The average molecular weight is 602 g/mol. The van der Waals surface area contributed by atoms with Crippen LogP contribution in [0.2, 0.25) is 0 Å². The Morgan fingerprint density at radius 3 is 1.75 bits per heavy atom. The van der Waals surface area contributed by atoms with Crippen LogP contribution in [0.3, 0.4) is 0 Å². The minimum Gasteiger partial charge on any atom is -0.497 e. The van der Waals surface area contributed by atoms with Crippen molar-refractivity contribution in [3.05, 3.63) is 60.2 Å². The zero-order valence-electron chi connectivity index (χ0n) is 26.9. The van der Waals surface area contributed by atoms with E-state index in [0.717, 1.165) is 35.3 Å². The molecule has 0 bridgehead atoms. The van der Waals surface area contributed by atoms with Gasteiger partial charge in [0, 0.05) is 35.2 Å². The monoisotopic (exact) mass is 601 g/mol. The lowest BCUT2D eigenvalue weighted by Gasteiger charge is -2.12. The van der Waals surface area contributed by atoms with Gasteiger partial charge in [-0.3, -0.25) is 4.79 Å². The largest absolute Gasteiger partial charge is 0.497 e. The van der Waals surface area contributed by atoms with Crippen LogP contribution >= 0.6 is 0 Å². The minimum atomic E-state index is -0.164. The van der Waals surface area contributed by atoms with Crippen LogP contribution in [0.4, 0.5) is 0 Å². The first-order valence-corrected chi connectivity index (χ1v) is 15.8. The molecule has 0 atom stereocenters. The summed E-state index contributed by atoms with van der Waals surface area (Å²) in [5.74, 6) is 3.01. The Labute approximate surface area is 261 Å². The second-order valence-corrected chi connectivity index (χ2v) is 11.1. The average Bonchev–Trinajstić information content (AvgIpc) is 3.45. The van der Waals surface area contributed by atoms with Crippen LogP contribution in [0.15, 0.2) is 59.0 Å². The summed E-state index contributed by atoms with van der Waals surface area (Å²) in [4.78, 5) is 13.8. The van der Waals surface area contributed by atoms with Gasteiger partial charge >= 0.3 is 0 Å². The first-order valence-electron chi connectivity index (χ1n) is 15.8. The molecule has 1 amide bonds. The number of benzene rings is 3. The Morgan fingerprint density at radius 1 is 0.636 bits per heavy atom. The van der Waals surface area contributed by atoms with Crippen LogP contribution in [0.1, 0.15) is 81.5 Å². The molecular formula is C37H47NO6. The Bertz CT molecular complexity index is 1470. The highest BCUT2D eigenvalue weighted by molar-refractivity contribution is 6.14. The van der Waals surface area contributed by atoms with Crippen molar-refractivity contribution in [2.75, 3.05) is 35.0 Å². The Kier molecular flexibility index (Phi) is 12.4. The van der Waals surface area contributed by atoms with Crippen LogP contribution in [0.25, 0.3) is 33.4 Å². The molecule has 7 nitrogen and oxygen atoms in total. The zero-order chi connectivity index (χ0) is 31.3. The zero-order valence-corrected chi connectivity index (χ0v) is 26.9. The molecule has 0 radical (unpaired) electrons. The van der Waals surface area contributed by atoms with E-state index in [9.17, 15) is 4.79 Å². The van der Waals surface area contributed by atoms with Gasteiger partial charge in [0.05, 0.1) is 34.0 Å². The highest BCUT2D eigenvalue weighted by Gasteiger charge is 2.25. The summed E-state index contributed by atoms with van der Waals surface area (Å²) in [6.07, 6.45) is 12.4. The maximum absolute atomic E-state index is 13.8. The smallest absolute Gasteiger partial charge is 0.252 e. The molecular weight excluding hydrogens is 554 g/mol. The number of nitrogens with one attached hydrogen (secondary N) is 1. The molecule has 0 saturated heterocycles. The number of fused-ring (bicyclic) bond motifs is 1. The molecule has 1 N–H and O–H groups in total. The number of carbonyl (C=O) groups is 1. The Balaban J connectivity index is 1.63. The van der Waals surface area contributed by atoms with E-state index in [1.165, 1.54) is 51.4 Å². The van der Waals surface area contributed by atoms with Gasteiger partial charge in [-0.1, -0.05) is 64.7 Å². The van der Waals surface area contributed by atoms with Crippen molar-refractivity contribution in [1.82, 2.24) is 5.32 Å². The number of ether oxygens (including phenoxy) is 4. The summed E-state index contributed by atoms with van der Waals surface area (Å²) in [5, 5.41) is 3.85. The van der Waals surface area contributed by atoms with Gasteiger partial charge in [0.15, 0.2) is 0 Å². The number of furan rings is 1. The van der Waals surface area contributed by atoms with E-state index < -0.39 is 0 Å². The molecule has 0 saturated carbocycles. The fraction of sp³-hybridized carbons (Fsp3) is 0.432. The molecule has 0 aliphatic heterocycles. The van der Waals surface area contributed by atoms with E-state index in [0.29, 0.717) is 46.1 Å². The quantitative estimate of drug-likeness (QED) is 0.114. The maximum Gasteiger partial charge on any atom is 0.252 e. The van der Waals surface area contributed by atoms with Crippen molar-refractivity contribution < 1.29 is 28.2 Å². The van der Waals surface area contributed by atoms with Crippen LogP contribution in [-0.4, -0.2) is 40.9 Å². The molecule has 0 unspecified atom stereocenters. The summed E-state index contributed by atoms with van der Waals surface area (Å²) in [7, 11) is 6.46. The molecule has 1 heterocycles. The summed E-state index contributed by atoms with van der Waals surface area (Å²) >= 11 is 0. The van der Waals surface area contributed by atoms with E-state index in [2.05, 4.69) is 12.2 Å². The SMILES string of the molecule is CCCCCCCCCCCCNC(=O)c1cc(OC)cc2oc(-c3ccc(OC)cc3)c(-c3cc(OC)cc(OC)c3)c12. The lowest BCUT2D eigenvalue weighted by atomic mass is 9.95. The molecule has 3 aromatic carbocycles. The third kappa shape index (κ3) is 8.28. The second-order valence-electron chi connectivity index (χ2n) is 11.1. The van der Waals surface area contributed by atoms with Crippen molar-refractivity contribution in [3.8, 4) is 45.4 Å². The number of hydrogen-bond donors (Lipinski definition) is 1. The predicted molar refractivity (Wildman–Crippen MR) is 177 cm³/mol. The molecule has 0 aliphatic rings. The molecule has 4 rings (SSSR count). The van der Waals surface area contributed by atoms with Crippen LogP contribution < -0.4 is 24.3 Å². The topological polar surface area (TPSA) is 79.2 Å². The fourth-order valence-electron chi connectivity index (χ4n) is 5.58. The lowest BCUT2D eigenvalue weighted by molar-refractivity contribution is 0.0954. The molecule has 236 valence electrons. The molecule has 0 aliphatic carbocycles. The van der Waals surface area contributed by atoms with Crippen LogP contribution in [0.5, 0.6) is 23.0 Å². The van der Waals surface area contributed by atoms with E-state index in [1.54, 1.807) is 34.5 Å². The van der Waals surface area contributed by atoms with E-state index >= 15 is 0 Å². The van der Waals surface area contributed by atoms with Gasteiger partial charge in [-0.15, -0.1) is 0 Å². The second kappa shape index (κ2) is 16.6. The third-order valence-corrected chi connectivity index (χ3v) is 8.05. The van der Waals surface area contributed by atoms with E-state index in [1.807, 2.05) is 48.5 Å². The first-order chi connectivity index (χ1) is 21.5. The molecule has 4 aromatic rings. The number of methoxy groups -OCH3 is 4. The summed E-state index contributed by atoms with van der Waals surface area (Å²) in [6.45, 7) is 2.86. The Hall–Kier alpha value is -4.13. The molecule has 0 spiro atoms. The highest BCUT2D eigenvalue weighted by atomic mass is 16.5. The standard InChI is InChI=1S/C37H47NO6/c1-6-7-8-9-10-11-12-13-14-15-20-38-37(39)32-24-31(43-5)25-33-35(32)34(27-21-29(41-3)23-30(22-27)42-4)36(44-33)26-16-18-28(40-2)19-17-26/h16-19,21-25H,6-15,20H2,1-5H3,(H,38,39). The van der Waals surface area contributed by atoms with Gasteiger partial charge in [-0.25, -0.2) is 0 Å². The number of amides is 1. The first kappa shape index (κ1) is 32.8. The number of unbranched alkanes of at least 4 members (excludes halogenated alkanes) is 9. The van der Waals surface area contributed by atoms with Crippen molar-refractivity contribution in [3.63, 3.8) is 0 Å². The number of carbonyl (C=O) groups excluding carboxylic acids is 1. The third-order valence-electron chi connectivity index (χ3n) is 8.05. The normalized spacial score (nSPS) is 11.0. The van der Waals surface area contributed by atoms with Gasteiger partial charge < -0.3 is 28.7 Å². The lowest BCUT2D eigenvalue weighted by Crippen LogP contribution is -2.24. The van der Waals surface area contributed by atoms with Crippen molar-refractivity contribution in [2.45, 2.75) is 71.1 Å². The summed E-state index contributed by atoms with van der Waals surface area (Å²) in [5.41, 5.74) is 3.46. The van der Waals surface area contributed by atoms with E-state index in [4.69, 9.17) is 23.4 Å². The van der Waals surface area contributed by atoms with Crippen LogP contribution in [0, 0.1) is 0 Å². The van der Waals surface area contributed by atoms with Crippen molar-refractivity contribution >= 4 is 16.9 Å². The molecule has 1 aromatic heterocycles. The fourth-order valence-corrected chi connectivity index (χ4v) is 5.58. The predicted octanol–water partition coefficient (Wildman–Crippen LogP) is 9.45. The van der Waals surface area contributed by atoms with Crippen molar-refractivity contribution in [2.24, 2.45) is 0 Å². The van der Waals surface area contributed by atoms with Gasteiger partial charge in [0.1, 0.15) is 34.3 Å². The van der Waals surface area contributed by atoms with E-state index in [-0.39, 0.29) is 5.91 Å². The Morgan fingerprint density at radius 2 is 1.18 bits per heavy atom. The number of hydrogen-bond acceptors (Lipinski definition) is 6. The maximum atomic E-state index is 13.8.